The van der Waals surface area contributed by atoms with Gasteiger partial charge in [-0.15, -0.1) is 0 Å². The molecule has 0 saturated heterocycles. The molecule has 13 rings (SSSR count). The number of rotatable bonds is 5. The SMILES string of the molecule is c1ccc(-c2ccc(-n3c4ccccc4c4c5nc6c7ccc(N(c8ccc9ccccc9c8)c8cccc9ccccc89)cc7c7ccccc7c6nc5ccc43)cc2)cc1. The van der Waals surface area contributed by atoms with E-state index in [0.29, 0.717) is 0 Å². The average Bonchev–Trinajstić information content (AvgIpc) is 3.69. The summed E-state index contributed by atoms with van der Waals surface area (Å²) in [6.45, 7) is 0. The molecular formula is C58H36N4. The predicted molar refractivity (Wildman–Crippen MR) is 262 cm³/mol. The van der Waals surface area contributed by atoms with E-state index in [4.69, 9.17) is 9.97 Å². The van der Waals surface area contributed by atoms with Gasteiger partial charge in [-0.1, -0.05) is 158 Å². The Morgan fingerprint density at radius 2 is 0.968 bits per heavy atom. The second kappa shape index (κ2) is 13.6. The molecule has 0 aliphatic rings. The lowest BCUT2D eigenvalue weighted by molar-refractivity contribution is 1.18. The highest BCUT2D eigenvalue weighted by Crippen LogP contribution is 2.44. The second-order valence-electron chi connectivity index (χ2n) is 16.2. The molecule has 0 aliphatic carbocycles. The van der Waals surface area contributed by atoms with Gasteiger partial charge in [0.05, 0.1) is 38.8 Å². The lowest BCUT2D eigenvalue weighted by atomic mass is 9.97. The number of fused-ring (bicyclic) bond motifs is 13. The fourth-order valence-corrected chi connectivity index (χ4v) is 9.83. The van der Waals surface area contributed by atoms with Gasteiger partial charge in [-0.05, 0) is 98.7 Å². The Morgan fingerprint density at radius 3 is 1.82 bits per heavy atom. The molecular weight excluding hydrogens is 753 g/mol. The largest absolute Gasteiger partial charge is 0.310 e. The third-order valence-electron chi connectivity index (χ3n) is 12.7. The Labute approximate surface area is 357 Å². The van der Waals surface area contributed by atoms with Crippen molar-refractivity contribution in [2.75, 3.05) is 4.90 Å². The summed E-state index contributed by atoms with van der Waals surface area (Å²) >= 11 is 0. The summed E-state index contributed by atoms with van der Waals surface area (Å²) in [7, 11) is 0. The zero-order valence-electron chi connectivity index (χ0n) is 33.6. The van der Waals surface area contributed by atoms with Gasteiger partial charge >= 0.3 is 0 Å². The van der Waals surface area contributed by atoms with Crippen LogP contribution in [0.25, 0.3) is 104 Å². The molecule has 0 spiro atoms. The number of para-hydroxylation sites is 1. The van der Waals surface area contributed by atoms with Crippen LogP contribution in [-0.2, 0) is 0 Å². The minimum Gasteiger partial charge on any atom is -0.310 e. The third-order valence-corrected chi connectivity index (χ3v) is 12.7. The van der Waals surface area contributed by atoms with Gasteiger partial charge in [0.15, 0.2) is 0 Å². The molecule has 0 N–H and O–H groups in total. The van der Waals surface area contributed by atoms with Gasteiger partial charge in [-0.2, -0.15) is 0 Å². The van der Waals surface area contributed by atoms with Gasteiger partial charge in [0.25, 0.3) is 0 Å². The monoisotopic (exact) mass is 788 g/mol. The van der Waals surface area contributed by atoms with Crippen LogP contribution in [0.2, 0.25) is 0 Å². The molecule has 2 aromatic heterocycles. The van der Waals surface area contributed by atoms with Crippen molar-refractivity contribution in [2.24, 2.45) is 0 Å². The van der Waals surface area contributed by atoms with Crippen molar-refractivity contribution in [1.29, 1.82) is 0 Å². The molecule has 0 unspecified atom stereocenters. The molecule has 4 heteroatoms. The van der Waals surface area contributed by atoms with Crippen LogP contribution in [0.5, 0.6) is 0 Å². The van der Waals surface area contributed by atoms with Gasteiger partial charge in [0, 0.05) is 44.0 Å². The zero-order valence-corrected chi connectivity index (χ0v) is 33.6. The van der Waals surface area contributed by atoms with E-state index in [-0.39, 0.29) is 0 Å². The molecule has 11 aromatic carbocycles. The van der Waals surface area contributed by atoms with Gasteiger partial charge in [-0.25, -0.2) is 9.97 Å². The highest BCUT2D eigenvalue weighted by Gasteiger charge is 2.21. The maximum atomic E-state index is 5.67. The molecule has 0 bridgehead atoms. The van der Waals surface area contributed by atoms with Crippen molar-refractivity contribution in [2.45, 2.75) is 0 Å². The smallest absolute Gasteiger partial charge is 0.0995 e. The standard InChI is InChI=1S/C58H36N4/c1-2-13-37(14-3-1)39-25-28-42(29-26-39)62-53-23-11-10-22-49(53)55-54(62)34-33-51-58(55)60-57-48-32-31-44(36-50(48)46-20-8-9-21-47(46)56(57)59-51)61(43-30-27-38-15-4-5-17-41(38)35-43)52-24-12-18-40-16-6-7-19-45(40)52/h1-36H. The summed E-state index contributed by atoms with van der Waals surface area (Å²) in [5.41, 5.74) is 12.6. The summed E-state index contributed by atoms with van der Waals surface area (Å²) in [6.07, 6.45) is 0. The van der Waals surface area contributed by atoms with E-state index in [2.05, 4.69) is 228 Å². The first-order valence-electron chi connectivity index (χ1n) is 21.2. The van der Waals surface area contributed by atoms with Gasteiger partial charge in [0.2, 0.25) is 0 Å². The van der Waals surface area contributed by atoms with Crippen LogP contribution in [0, 0.1) is 0 Å². The van der Waals surface area contributed by atoms with Gasteiger partial charge < -0.3 is 9.47 Å². The molecule has 2 heterocycles. The van der Waals surface area contributed by atoms with Crippen molar-refractivity contribution in [3.63, 3.8) is 0 Å². The lowest BCUT2D eigenvalue weighted by Crippen LogP contribution is -2.10. The molecule has 288 valence electrons. The number of anilines is 3. The number of nitrogens with zero attached hydrogens (tertiary/aromatic N) is 4. The first-order valence-corrected chi connectivity index (χ1v) is 21.2. The second-order valence-corrected chi connectivity index (χ2v) is 16.2. The van der Waals surface area contributed by atoms with Crippen LogP contribution in [0.1, 0.15) is 0 Å². The van der Waals surface area contributed by atoms with Crippen molar-refractivity contribution in [3.05, 3.63) is 218 Å². The summed E-state index contributed by atoms with van der Waals surface area (Å²) in [4.78, 5) is 13.6. The fraction of sp³-hybridized carbons (Fsp3) is 0. The molecule has 0 amide bonds. The molecule has 0 fully saturated rings. The Balaban J connectivity index is 1.06. The maximum Gasteiger partial charge on any atom is 0.0995 e. The summed E-state index contributed by atoms with van der Waals surface area (Å²) in [6, 6.07) is 78.6. The van der Waals surface area contributed by atoms with E-state index < -0.39 is 0 Å². The topological polar surface area (TPSA) is 34.0 Å². The molecule has 0 radical (unpaired) electrons. The Hall–Kier alpha value is -8.34. The average molecular weight is 789 g/mol. The van der Waals surface area contributed by atoms with Crippen molar-refractivity contribution in [1.82, 2.24) is 14.5 Å². The number of benzene rings is 11. The van der Waals surface area contributed by atoms with Gasteiger partial charge in [0.1, 0.15) is 0 Å². The van der Waals surface area contributed by atoms with Crippen LogP contribution in [0.15, 0.2) is 218 Å². The first-order chi connectivity index (χ1) is 30.7. The quantitative estimate of drug-likeness (QED) is 0.129. The molecule has 13 aromatic rings. The number of aromatic nitrogens is 3. The van der Waals surface area contributed by atoms with Crippen LogP contribution < -0.4 is 4.90 Å². The summed E-state index contributed by atoms with van der Waals surface area (Å²) in [5.74, 6) is 0. The van der Waals surface area contributed by atoms with E-state index >= 15 is 0 Å². The van der Waals surface area contributed by atoms with Crippen molar-refractivity contribution in [3.8, 4) is 16.8 Å². The van der Waals surface area contributed by atoms with Crippen molar-refractivity contribution < 1.29 is 0 Å². The molecule has 0 atom stereocenters. The van der Waals surface area contributed by atoms with Crippen molar-refractivity contribution >= 4 is 104 Å². The molecule has 4 nitrogen and oxygen atoms in total. The summed E-state index contributed by atoms with van der Waals surface area (Å²) in [5, 5.41) is 11.5. The molecule has 62 heavy (non-hydrogen) atoms. The van der Waals surface area contributed by atoms with E-state index in [1.807, 2.05) is 0 Å². The lowest BCUT2D eigenvalue weighted by Gasteiger charge is -2.27. The van der Waals surface area contributed by atoms with Crippen LogP contribution in [-0.4, -0.2) is 14.5 Å². The zero-order chi connectivity index (χ0) is 40.7. The number of hydrogen-bond donors (Lipinski definition) is 0. The maximum absolute atomic E-state index is 5.67. The van der Waals surface area contributed by atoms with E-state index in [0.717, 1.165) is 88.2 Å². The molecule has 0 saturated carbocycles. The minimum atomic E-state index is 0.881. The Bertz CT molecular complexity index is 3920. The van der Waals surface area contributed by atoms with Gasteiger partial charge in [-0.3, -0.25) is 0 Å². The fourth-order valence-electron chi connectivity index (χ4n) is 9.83. The van der Waals surface area contributed by atoms with Crippen LogP contribution in [0.4, 0.5) is 17.1 Å². The van der Waals surface area contributed by atoms with E-state index in [1.54, 1.807) is 0 Å². The first kappa shape index (κ1) is 34.5. The van der Waals surface area contributed by atoms with Crippen LogP contribution >= 0.6 is 0 Å². The van der Waals surface area contributed by atoms with E-state index in [9.17, 15) is 0 Å². The predicted octanol–water partition coefficient (Wildman–Crippen LogP) is 15.6. The van der Waals surface area contributed by atoms with Crippen LogP contribution in [0.3, 0.4) is 0 Å². The minimum absolute atomic E-state index is 0.881. The highest BCUT2D eigenvalue weighted by molar-refractivity contribution is 6.27. The molecule has 0 aliphatic heterocycles. The highest BCUT2D eigenvalue weighted by atomic mass is 15.1. The normalized spacial score (nSPS) is 11.9. The van der Waals surface area contributed by atoms with E-state index in [1.165, 1.54) is 32.7 Å². The Morgan fingerprint density at radius 1 is 0.339 bits per heavy atom. The summed E-state index contributed by atoms with van der Waals surface area (Å²) < 4.78 is 2.37. The third kappa shape index (κ3) is 5.27. The Kier molecular flexibility index (Phi) is 7.57. The number of hydrogen-bond acceptors (Lipinski definition) is 3.